The maximum atomic E-state index is 12.8. The second-order valence-electron chi connectivity index (χ2n) is 13.6. The molecule has 4 aromatic carbocycles. The van der Waals surface area contributed by atoms with E-state index in [-0.39, 0.29) is 12.7 Å². The van der Waals surface area contributed by atoms with Gasteiger partial charge in [-0.05, 0) is 41.9 Å². The average molecular weight is 757 g/mol. The molecule has 0 amide bonds. The zero-order valence-electron chi connectivity index (χ0n) is 31.4. The molecule has 0 saturated carbocycles. The summed E-state index contributed by atoms with van der Waals surface area (Å²) in [6.45, 7) is 8.65. The molecule has 10 heteroatoms. The van der Waals surface area contributed by atoms with E-state index >= 15 is 0 Å². The van der Waals surface area contributed by atoms with E-state index in [0.29, 0.717) is 19.8 Å². The fourth-order valence-corrected chi connectivity index (χ4v) is 7.86. The van der Waals surface area contributed by atoms with Crippen LogP contribution in [-0.2, 0) is 69.1 Å². The molecule has 0 unspecified atom stereocenters. The third-order valence-corrected chi connectivity index (χ3v) is 10.6. The Labute approximate surface area is 323 Å². The predicted octanol–water partition coefficient (Wildman–Crippen LogP) is 7.89. The van der Waals surface area contributed by atoms with Gasteiger partial charge in [-0.3, -0.25) is 4.79 Å². The molecule has 2 aliphatic heterocycles. The first-order valence-electron chi connectivity index (χ1n) is 18.8. The van der Waals surface area contributed by atoms with Crippen molar-refractivity contribution in [3.63, 3.8) is 0 Å². The number of hydrogen-bond donors (Lipinski definition) is 0. The summed E-state index contributed by atoms with van der Waals surface area (Å²) >= 11 is 1.64. The normalized spacial score (nSPS) is 28.4. The molecular weight excluding hydrogens is 705 g/mol. The van der Waals surface area contributed by atoms with E-state index in [0.717, 1.165) is 28.0 Å². The van der Waals surface area contributed by atoms with Crippen LogP contribution in [0.1, 0.15) is 49.9 Å². The lowest BCUT2D eigenvalue weighted by Crippen LogP contribution is -2.64. The lowest BCUT2D eigenvalue weighted by atomic mass is 9.97. The standard InChI is InChI=1S/C44H52O9S/c1-5-54-44-42(39(48-28-35-22-14-8-15-23-35)37(31(3)51-44)46-26-33-18-10-6-11-19-33)53-43-41(49-29-36-24-16-9-17-25-36)40(52-32(4)45)38(30(2)50-43)47-27-34-20-12-7-13-21-34/h6-25,30-31,37-44H,5,26-29H2,1-4H3/t30-,31-,37-,38-,39+,40+,41+,42+,43-,44-/m1/s1. The molecule has 10 atom stereocenters. The molecule has 54 heavy (non-hydrogen) atoms. The van der Waals surface area contributed by atoms with E-state index in [4.69, 9.17) is 37.9 Å². The van der Waals surface area contributed by atoms with Crippen molar-refractivity contribution in [2.24, 2.45) is 0 Å². The quantitative estimate of drug-likeness (QED) is 0.0992. The SMILES string of the molecule is CCS[C@H]1O[C@H](C)[C@@H](OCc2ccccc2)[C@H](OCc2ccccc2)[C@@H]1O[C@H]1O[C@H](C)[C@@H](OCc2ccccc2)[C@H](OC(C)=O)[C@@H]1OCc1ccccc1. The maximum absolute atomic E-state index is 12.8. The highest BCUT2D eigenvalue weighted by Crippen LogP contribution is 2.38. The van der Waals surface area contributed by atoms with Gasteiger partial charge in [0.1, 0.15) is 36.0 Å². The predicted molar refractivity (Wildman–Crippen MR) is 207 cm³/mol. The summed E-state index contributed by atoms with van der Waals surface area (Å²) in [6, 6.07) is 39.8. The lowest BCUT2D eigenvalue weighted by molar-refractivity contribution is -0.345. The summed E-state index contributed by atoms with van der Waals surface area (Å²) in [5.41, 5.74) is 3.58. The van der Waals surface area contributed by atoms with Gasteiger partial charge in [0.05, 0.1) is 38.6 Å². The Balaban J connectivity index is 1.32. The van der Waals surface area contributed by atoms with Crippen LogP contribution in [-0.4, -0.2) is 72.3 Å². The first-order valence-corrected chi connectivity index (χ1v) is 19.8. The Morgan fingerprint density at radius 3 is 1.35 bits per heavy atom. The van der Waals surface area contributed by atoms with Gasteiger partial charge < -0.3 is 37.9 Å². The van der Waals surface area contributed by atoms with Gasteiger partial charge in [-0.1, -0.05) is 128 Å². The Morgan fingerprint density at radius 1 is 0.537 bits per heavy atom. The van der Waals surface area contributed by atoms with E-state index in [2.05, 4.69) is 6.92 Å². The van der Waals surface area contributed by atoms with Gasteiger partial charge in [-0.25, -0.2) is 0 Å². The smallest absolute Gasteiger partial charge is 0.303 e. The van der Waals surface area contributed by atoms with Gasteiger partial charge in [0.15, 0.2) is 12.4 Å². The zero-order valence-corrected chi connectivity index (χ0v) is 32.3. The van der Waals surface area contributed by atoms with Gasteiger partial charge in [0.25, 0.3) is 0 Å². The number of benzene rings is 4. The van der Waals surface area contributed by atoms with Crippen molar-refractivity contribution in [1.29, 1.82) is 0 Å². The molecule has 4 aromatic rings. The molecule has 9 nitrogen and oxygen atoms in total. The van der Waals surface area contributed by atoms with Gasteiger partial charge in [-0.15, -0.1) is 11.8 Å². The number of thioether (sulfide) groups is 1. The minimum absolute atomic E-state index is 0.231. The van der Waals surface area contributed by atoms with Crippen LogP contribution in [0.3, 0.4) is 0 Å². The molecule has 2 saturated heterocycles. The van der Waals surface area contributed by atoms with Crippen molar-refractivity contribution in [2.75, 3.05) is 5.75 Å². The molecule has 0 spiro atoms. The van der Waals surface area contributed by atoms with Crippen LogP contribution in [0.25, 0.3) is 0 Å². The number of carbonyl (C=O) groups excluding carboxylic acids is 1. The van der Waals surface area contributed by atoms with E-state index in [1.54, 1.807) is 11.8 Å². The number of ether oxygens (including phenoxy) is 8. The summed E-state index contributed by atoms with van der Waals surface area (Å²) in [5, 5.41) is 0. The van der Waals surface area contributed by atoms with Crippen LogP contribution in [0.2, 0.25) is 0 Å². The third-order valence-electron chi connectivity index (χ3n) is 9.52. The van der Waals surface area contributed by atoms with Crippen molar-refractivity contribution in [3.05, 3.63) is 144 Å². The van der Waals surface area contributed by atoms with Crippen molar-refractivity contribution < 1.29 is 42.7 Å². The van der Waals surface area contributed by atoms with Crippen LogP contribution in [0.15, 0.2) is 121 Å². The lowest BCUT2D eigenvalue weighted by Gasteiger charge is -2.49. The number of esters is 1. The Hall–Kier alpha value is -3.58. The molecule has 0 radical (unpaired) electrons. The van der Waals surface area contributed by atoms with Crippen molar-refractivity contribution in [2.45, 2.75) is 115 Å². The summed E-state index contributed by atoms with van der Waals surface area (Å²) in [7, 11) is 0. The summed E-state index contributed by atoms with van der Waals surface area (Å²) < 4.78 is 53.1. The summed E-state index contributed by atoms with van der Waals surface area (Å²) in [5.74, 6) is 0.321. The molecular formula is C44H52O9S. The van der Waals surface area contributed by atoms with Gasteiger partial charge in [-0.2, -0.15) is 0 Å². The molecule has 6 rings (SSSR count). The van der Waals surface area contributed by atoms with Crippen molar-refractivity contribution >= 4 is 17.7 Å². The highest BCUT2D eigenvalue weighted by atomic mass is 32.2. The van der Waals surface area contributed by atoms with Crippen molar-refractivity contribution in [3.8, 4) is 0 Å². The Kier molecular flexibility index (Phi) is 15.1. The molecule has 0 aliphatic carbocycles. The highest BCUT2D eigenvalue weighted by Gasteiger charge is 2.53. The molecule has 0 aromatic heterocycles. The van der Waals surface area contributed by atoms with Gasteiger partial charge in [0.2, 0.25) is 0 Å². The first kappa shape index (κ1) is 40.1. The average Bonchev–Trinajstić information content (AvgIpc) is 3.19. The Bertz CT molecular complexity index is 1670. The molecule has 0 bridgehead atoms. The second-order valence-corrected chi connectivity index (χ2v) is 15.0. The zero-order chi connectivity index (χ0) is 37.7. The molecule has 2 fully saturated rings. The number of rotatable bonds is 17. The molecule has 288 valence electrons. The largest absolute Gasteiger partial charge is 0.457 e. The van der Waals surface area contributed by atoms with E-state index in [1.165, 1.54) is 6.92 Å². The third kappa shape index (κ3) is 11.0. The van der Waals surface area contributed by atoms with E-state index in [1.807, 2.05) is 135 Å². The maximum Gasteiger partial charge on any atom is 0.303 e. The molecule has 2 aliphatic rings. The van der Waals surface area contributed by atoms with Crippen LogP contribution in [0.5, 0.6) is 0 Å². The number of hydrogen-bond acceptors (Lipinski definition) is 10. The van der Waals surface area contributed by atoms with Crippen LogP contribution < -0.4 is 0 Å². The number of carbonyl (C=O) groups is 1. The highest BCUT2D eigenvalue weighted by molar-refractivity contribution is 7.99. The fourth-order valence-electron chi connectivity index (χ4n) is 6.87. The van der Waals surface area contributed by atoms with Crippen LogP contribution >= 0.6 is 11.8 Å². The first-order chi connectivity index (χ1) is 26.4. The minimum Gasteiger partial charge on any atom is -0.457 e. The van der Waals surface area contributed by atoms with E-state index < -0.39 is 60.4 Å². The second kappa shape index (κ2) is 20.4. The van der Waals surface area contributed by atoms with Gasteiger partial charge >= 0.3 is 5.97 Å². The topological polar surface area (TPSA) is 90.9 Å². The summed E-state index contributed by atoms with van der Waals surface area (Å²) in [4.78, 5) is 12.8. The van der Waals surface area contributed by atoms with Crippen molar-refractivity contribution in [1.82, 2.24) is 0 Å². The fraction of sp³-hybridized carbons (Fsp3) is 0.432. The molecule has 0 N–H and O–H groups in total. The van der Waals surface area contributed by atoms with Crippen LogP contribution in [0.4, 0.5) is 0 Å². The van der Waals surface area contributed by atoms with Crippen LogP contribution in [0, 0.1) is 0 Å². The Morgan fingerprint density at radius 2 is 0.926 bits per heavy atom. The molecule has 2 heterocycles. The van der Waals surface area contributed by atoms with E-state index in [9.17, 15) is 4.79 Å². The minimum atomic E-state index is -0.982. The monoisotopic (exact) mass is 756 g/mol. The summed E-state index contributed by atoms with van der Waals surface area (Å²) in [6.07, 6.45) is -5.88. The van der Waals surface area contributed by atoms with Gasteiger partial charge in [0, 0.05) is 6.92 Å².